The maximum absolute atomic E-state index is 13.6. The van der Waals surface area contributed by atoms with E-state index >= 15 is 0 Å². The molecule has 0 unspecified atom stereocenters. The zero-order chi connectivity index (χ0) is 36.7. The largest absolute Gasteiger partial charge is 0.444 e. The molecule has 15 heteroatoms. The highest BCUT2D eigenvalue weighted by atomic mass is 32.1. The summed E-state index contributed by atoms with van der Waals surface area (Å²) in [6.07, 6.45) is 5.90. The summed E-state index contributed by atoms with van der Waals surface area (Å²) in [5, 5.41) is 14.0. The van der Waals surface area contributed by atoms with Crippen LogP contribution in [0.25, 0.3) is 28.0 Å². The zero-order valence-electron chi connectivity index (χ0n) is 29.6. The van der Waals surface area contributed by atoms with E-state index in [2.05, 4.69) is 21.4 Å². The number of aryl methyl sites for hydroxylation is 1. The van der Waals surface area contributed by atoms with Crippen molar-refractivity contribution in [2.45, 2.75) is 58.2 Å². The number of carbonyl (C=O) groups excluding carboxylic acids is 2. The number of hydrogen-bond acceptors (Lipinski definition) is 11. The lowest BCUT2D eigenvalue weighted by Gasteiger charge is -2.46. The zero-order valence-corrected chi connectivity index (χ0v) is 30.4. The van der Waals surface area contributed by atoms with E-state index in [1.807, 2.05) is 62.4 Å². The van der Waals surface area contributed by atoms with Crippen LogP contribution in [0.15, 0.2) is 55.0 Å². The molecule has 5 aromatic rings. The number of hydrogen-bond donors (Lipinski definition) is 1. The number of anilines is 2. The van der Waals surface area contributed by atoms with Crippen LogP contribution >= 0.6 is 11.3 Å². The Morgan fingerprint density at radius 2 is 1.65 bits per heavy atom. The number of fused-ring (bicyclic) bond motifs is 1. The fourth-order valence-electron chi connectivity index (χ4n) is 6.29. The average molecular weight is 723 g/mol. The van der Waals surface area contributed by atoms with Gasteiger partial charge >= 0.3 is 6.09 Å². The molecule has 1 aromatic carbocycles. The number of amides is 2. The number of rotatable bonds is 9. The Labute approximate surface area is 304 Å². The van der Waals surface area contributed by atoms with Crippen LogP contribution in [0.4, 0.5) is 20.1 Å². The van der Waals surface area contributed by atoms with Gasteiger partial charge < -0.3 is 24.8 Å². The van der Waals surface area contributed by atoms with Gasteiger partial charge in [-0.25, -0.2) is 29.1 Å². The molecule has 2 amide bonds. The van der Waals surface area contributed by atoms with E-state index in [1.54, 1.807) is 34.3 Å². The molecule has 1 N–H and O–H groups in total. The third kappa shape index (κ3) is 7.17. The molecule has 0 saturated carbocycles. The Kier molecular flexibility index (Phi) is 9.36. The summed E-state index contributed by atoms with van der Waals surface area (Å²) in [5.41, 5.74) is 3.92. The van der Waals surface area contributed by atoms with Crippen molar-refractivity contribution in [2.24, 2.45) is 0 Å². The normalized spacial score (nSPS) is 14.9. The van der Waals surface area contributed by atoms with Gasteiger partial charge in [-0.1, -0.05) is 18.3 Å². The number of pyridine rings is 1. The number of likely N-dealkylation sites (tertiary alicyclic amines) is 2. The van der Waals surface area contributed by atoms with Crippen LogP contribution in [0.1, 0.15) is 44.1 Å². The molecule has 4 aromatic heterocycles. The molecule has 0 aliphatic carbocycles. The number of thiazole rings is 1. The Bertz CT molecular complexity index is 2160. The van der Waals surface area contributed by atoms with Gasteiger partial charge in [-0.15, -0.1) is 0 Å². The number of aromatic nitrogens is 5. The Balaban J connectivity index is 0.990. The van der Waals surface area contributed by atoms with Crippen molar-refractivity contribution in [3.8, 4) is 28.5 Å². The molecule has 7 rings (SSSR count). The molecule has 6 heterocycles. The van der Waals surface area contributed by atoms with E-state index < -0.39 is 5.60 Å². The van der Waals surface area contributed by atoms with Crippen molar-refractivity contribution in [1.29, 1.82) is 5.26 Å². The van der Waals surface area contributed by atoms with E-state index in [0.717, 1.165) is 28.3 Å². The molecular formula is C37H39FN10O3S. The number of carbonyl (C=O) groups is 2. The first-order valence-corrected chi connectivity index (χ1v) is 18.0. The topological polar surface area (TPSA) is 145 Å². The van der Waals surface area contributed by atoms with Crippen molar-refractivity contribution in [3.63, 3.8) is 0 Å². The Morgan fingerprint density at radius 3 is 2.29 bits per heavy atom. The number of imidazole rings is 1. The van der Waals surface area contributed by atoms with Crippen LogP contribution in [-0.4, -0.2) is 97.0 Å². The predicted octanol–water partition coefficient (Wildman–Crippen LogP) is 5.22. The van der Waals surface area contributed by atoms with Crippen LogP contribution in [0, 0.1) is 17.1 Å². The van der Waals surface area contributed by atoms with Crippen LogP contribution in [0.5, 0.6) is 0 Å². The fourth-order valence-corrected chi connectivity index (χ4v) is 7.14. The lowest BCUT2D eigenvalue weighted by atomic mass is 10.0. The monoisotopic (exact) mass is 722 g/mol. The summed E-state index contributed by atoms with van der Waals surface area (Å²) in [7, 11) is 1.89. The predicted molar refractivity (Wildman–Crippen MR) is 195 cm³/mol. The van der Waals surface area contributed by atoms with Gasteiger partial charge in [0.2, 0.25) is 5.91 Å². The second kappa shape index (κ2) is 13.9. The van der Waals surface area contributed by atoms with Crippen LogP contribution in [0.3, 0.4) is 0 Å². The summed E-state index contributed by atoms with van der Waals surface area (Å²) >= 11 is 1.26. The van der Waals surface area contributed by atoms with E-state index in [0.29, 0.717) is 59.7 Å². The van der Waals surface area contributed by atoms with Crippen LogP contribution < -0.4 is 10.2 Å². The Morgan fingerprint density at radius 1 is 1.00 bits per heavy atom. The highest BCUT2D eigenvalue weighted by molar-refractivity contribution is 7.16. The molecule has 0 radical (unpaired) electrons. The SMILES string of the molecule is CCc1nc2ccc(-c3cnc(CC(=O)N4CC(NC5CN(C(=O)OC(C)(C)C)C5)C4)nc3)cn2c1N(C)c1nc(-c2ccc(F)cc2)c(C#N)s1. The van der Waals surface area contributed by atoms with E-state index in [4.69, 9.17) is 14.7 Å². The Hall–Kier alpha value is -5.46. The highest BCUT2D eigenvalue weighted by Crippen LogP contribution is 2.37. The van der Waals surface area contributed by atoms with Gasteiger partial charge in [0.1, 0.15) is 45.3 Å². The fraction of sp³-hybridized carbons (Fsp3) is 0.378. The quantitative estimate of drug-likeness (QED) is 0.215. The highest BCUT2D eigenvalue weighted by Gasteiger charge is 2.38. The van der Waals surface area contributed by atoms with E-state index in [9.17, 15) is 19.2 Å². The summed E-state index contributed by atoms with van der Waals surface area (Å²) < 4.78 is 21.0. The summed E-state index contributed by atoms with van der Waals surface area (Å²) in [5.74, 6) is 0.876. The van der Waals surface area contributed by atoms with Crippen LogP contribution in [-0.2, 0) is 22.4 Å². The first-order chi connectivity index (χ1) is 24.9. The average Bonchev–Trinajstić information content (AvgIpc) is 3.68. The molecule has 0 spiro atoms. The molecule has 52 heavy (non-hydrogen) atoms. The molecule has 268 valence electrons. The first kappa shape index (κ1) is 35.0. The molecule has 2 aliphatic rings. The van der Waals surface area contributed by atoms with Gasteiger partial charge in [0.15, 0.2) is 5.13 Å². The number of nitrogens with one attached hydrogen (secondary N) is 1. The molecule has 2 aliphatic heterocycles. The third-order valence-electron chi connectivity index (χ3n) is 9.02. The minimum absolute atomic E-state index is 0.0290. The van der Waals surface area contributed by atoms with Crippen molar-refractivity contribution in [1.82, 2.24) is 39.5 Å². The van der Waals surface area contributed by atoms with Gasteiger partial charge in [-0.3, -0.25) is 9.20 Å². The number of ether oxygens (including phenoxy) is 1. The molecule has 0 atom stereocenters. The van der Waals surface area contributed by atoms with Gasteiger partial charge in [-0.05, 0) is 63.6 Å². The van der Waals surface area contributed by atoms with Crippen molar-refractivity contribution >= 4 is 39.9 Å². The number of halogens is 1. The number of nitrogens with zero attached hydrogens (tertiary/aromatic N) is 9. The maximum atomic E-state index is 13.6. The molecule has 2 fully saturated rings. The van der Waals surface area contributed by atoms with Crippen molar-refractivity contribution < 1.29 is 18.7 Å². The smallest absolute Gasteiger partial charge is 0.410 e. The first-order valence-electron chi connectivity index (χ1n) is 17.1. The molecule has 0 bridgehead atoms. The summed E-state index contributed by atoms with van der Waals surface area (Å²) in [6, 6.07) is 12.5. The summed E-state index contributed by atoms with van der Waals surface area (Å²) in [4.78, 5) is 49.6. The van der Waals surface area contributed by atoms with Gasteiger partial charge in [-0.2, -0.15) is 5.26 Å². The number of benzene rings is 1. The molecule has 2 saturated heterocycles. The second-order valence-electron chi connectivity index (χ2n) is 14.0. The minimum atomic E-state index is -0.516. The van der Waals surface area contributed by atoms with Crippen molar-refractivity contribution in [3.05, 3.63) is 77.2 Å². The summed E-state index contributed by atoms with van der Waals surface area (Å²) in [6.45, 7) is 10.00. The van der Waals surface area contributed by atoms with Crippen molar-refractivity contribution in [2.75, 3.05) is 38.1 Å². The van der Waals surface area contributed by atoms with E-state index in [-0.39, 0.29) is 36.3 Å². The third-order valence-corrected chi connectivity index (χ3v) is 10.1. The second-order valence-corrected chi connectivity index (χ2v) is 15.0. The standard InChI is InChI=1S/C37H39FN10O3S/c1-6-28-34(45(5)35-44-33(29(14-39)52-35)22-7-10-25(38)11-8-22)48-17-23(9-12-31(48)43-28)24-15-40-30(41-16-24)13-32(49)46-18-26(19-46)42-27-20-47(21-27)36(50)51-37(2,3)4/h7-12,15-17,26-27,42H,6,13,18-21H2,1-5H3. The van der Waals surface area contributed by atoms with Gasteiger partial charge in [0.25, 0.3) is 0 Å². The molecular weight excluding hydrogens is 684 g/mol. The number of nitriles is 1. The lowest BCUT2D eigenvalue weighted by molar-refractivity contribution is -0.135. The lowest BCUT2D eigenvalue weighted by Crippen LogP contribution is -2.68. The van der Waals surface area contributed by atoms with Crippen LogP contribution in [0.2, 0.25) is 0 Å². The maximum Gasteiger partial charge on any atom is 0.410 e. The van der Waals surface area contributed by atoms with Gasteiger partial charge in [0.05, 0.1) is 12.1 Å². The minimum Gasteiger partial charge on any atom is -0.444 e. The molecule has 13 nitrogen and oxygen atoms in total. The van der Waals surface area contributed by atoms with E-state index in [1.165, 1.54) is 23.5 Å². The van der Waals surface area contributed by atoms with Gasteiger partial charge in [0, 0.05) is 80.6 Å².